The van der Waals surface area contributed by atoms with Gasteiger partial charge in [0.15, 0.2) is 11.5 Å². The third-order valence-corrected chi connectivity index (χ3v) is 4.59. The van der Waals surface area contributed by atoms with E-state index in [0.717, 1.165) is 0 Å². The third kappa shape index (κ3) is 4.17. The van der Waals surface area contributed by atoms with Gasteiger partial charge in [-0.3, -0.25) is 14.9 Å². The molecule has 0 aromatic heterocycles. The van der Waals surface area contributed by atoms with Crippen LogP contribution in [0.4, 0.5) is 16.2 Å². The zero-order valence-corrected chi connectivity index (χ0v) is 16.5. The standard InChI is InChI=1S/C20H20N4O6/c1-11-17(19(25)22-13-5-7-14(8-6-13)24(27)28)18(23-20(26)21-11)12-4-9-15(29-2)16(10-12)30-3/h4-10,18H,1-3H3,(H,22,25)(H2,21,23,26). The number of non-ortho nitro benzene ring substituents is 1. The highest BCUT2D eigenvalue weighted by Gasteiger charge is 2.31. The fourth-order valence-corrected chi connectivity index (χ4v) is 3.14. The molecule has 3 amide bonds. The normalized spacial score (nSPS) is 15.7. The molecule has 10 nitrogen and oxygen atoms in total. The van der Waals surface area contributed by atoms with Crippen molar-refractivity contribution in [2.75, 3.05) is 19.5 Å². The highest BCUT2D eigenvalue weighted by atomic mass is 16.6. The number of carbonyl (C=O) groups excluding carboxylic acids is 2. The number of rotatable bonds is 6. The second kappa shape index (κ2) is 8.52. The van der Waals surface area contributed by atoms with E-state index >= 15 is 0 Å². The van der Waals surface area contributed by atoms with Crippen LogP contribution in [0.1, 0.15) is 18.5 Å². The Bertz CT molecular complexity index is 1030. The van der Waals surface area contributed by atoms with Crippen molar-refractivity contribution in [3.8, 4) is 11.5 Å². The van der Waals surface area contributed by atoms with Gasteiger partial charge in [0, 0.05) is 23.5 Å². The van der Waals surface area contributed by atoms with Gasteiger partial charge in [-0.1, -0.05) is 6.07 Å². The van der Waals surface area contributed by atoms with Crippen molar-refractivity contribution in [1.82, 2.24) is 10.6 Å². The molecule has 0 saturated carbocycles. The number of urea groups is 1. The first kappa shape index (κ1) is 20.6. The van der Waals surface area contributed by atoms with E-state index in [2.05, 4.69) is 16.0 Å². The summed E-state index contributed by atoms with van der Waals surface area (Å²) in [4.78, 5) is 35.3. The molecule has 1 aliphatic heterocycles. The molecule has 156 valence electrons. The fraction of sp³-hybridized carbons (Fsp3) is 0.200. The summed E-state index contributed by atoms with van der Waals surface area (Å²) in [5, 5.41) is 18.8. The Kier molecular flexibility index (Phi) is 5.86. The van der Waals surface area contributed by atoms with E-state index in [9.17, 15) is 19.7 Å². The Hall–Kier alpha value is -4.08. The van der Waals surface area contributed by atoms with E-state index in [-0.39, 0.29) is 5.69 Å². The largest absolute Gasteiger partial charge is 0.493 e. The molecule has 0 aliphatic carbocycles. The quantitative estimate of drug-likeness (QED) is 0.494. The van der Waals surface area contributed by atoms with Crippen LogP contribution in [-0.4, -0.2) is 31.1 Å². The number of nitrogens with zero attached hydrogens (tertiary/aromatic N) is 1. The number of methoxy groups -OCH3 is 2. The van der Waals surface area contributed by atoms with Gasteiger partial charge in [0.2, 0.25) is 0 Å². The molecule has 0 bridgehead atoms. The molecule has 2 aromatic rings. The van der Waals surface area contributed by atoms with Gasteiger partial charge >= 0.3 is 6.03 Å². The molecule has 0 spiro atoms. The predicted molar refractivity (Wildman–Crippen MR) is 108 cm³/mol. The maximum absolute atomic E-state index is 13.0. The molecule has 1 aliphatic rings. The van der Waals surface area contributed by atoms with E-state index < -0.39 is 22.9 Å². The van der Waals surface area contributed by atoms with Gasteiger partial charge in [-0.2, -0.15) is 0 Å². The number of nitro benzene ring substituents is 1. The number of hydrogen-bond acceptors (Lipinski definition) is 6. The molecule has 1 heterocycles. The summed E-state index contributed by atoms with van der Waals surface area (Å²) in [7, 11) is 3.00. The number of benzene rings is 2. The van der Waals surface area contributed by atoms with Crippen LogP contribution in [0.2, 0.25) is 0 Å². The summed E-state index contributed by atoms with van der Waals surface area (Å²) < 4.78 is 10.6. The Labute approximate surface area is 172 Å². The lowest BCUT2D eigenvalue weighted by Crippen LogP contribution is -2.45. The molecule has 0 radical (unpaired) electrons. The first-order chi connectivity index (χ1) is 14.3. The minimum absolute atomic E-state index is 0.0850. The molecule has 1 unspecified atom stereocenters. The molecule has 0 saturated heterocycles. The smallest absolute Gasteiger partial charge is 0.319 e. The second-order valence-electron chi connectivity index (χ2n) is 6.44. The number of carbonyl (C=O) groups is 2. The Morgan fingerprint density at radius 1 is 1.10 bits per heavy atom. The molecule has 3 rings (SSSR count). The number of amides is 3. The topological polar surface area (TPSA) is 132 Å². The van der Waals surface area contributed by atoms with Crippen LogP contribution < -0.4 is 25.4 Å². The zero-order chi connectivity index (χ0) is 21.8. The number of anilines is 1. The first-order valence-electron chi connectivity index (χ1n) is 8.90. The van der Waals surface area contributed by atoms with Gasteiger partial charge in [-0.15, -0.1) is 0 Å². The van der Waals surface area contributed by atoms with Crippen LogP contribution >= 0.6 is 0 Å². The SMILES string of the molecule is COc1ccc(C2NC(=O)NC(C)=C2C(=O)Nc2ccc([N+](=O)[O-])cc2)cc1OC. The van der Waals surface area contributed by atoms with Crippen LogP contribution in [0, 0.1) is 10.1 Å². The summed E-state index contributed by atoms with van der Waals surface area (Å²) in [5.41, 5.74) is 1.60. The Balaban J connectivity index is 1.93. The molecule has 30 heavy (non-hydrogen) atoms. The molecule has 1 atom stereocenters. The zero-order valence-electron chi connectivity index (χ0n) is 16.5. The average molecular weight is 412 g/mol. The molecule has 2 aromatic carbocycles. The molecular formula is C20H20N4O6. The van der Waals surface area contributed by atoms with Crippen molar-refractivity contribution in [1.29, 1.82) is 0 Å². The molecule has 3 N–H and O–H groups in total. The van der Waals surface area contributed by atoms with Gasteiger partial charge in [0.05, 0.1) is 30.8 Å². The average Bonchev–Trinajstić information content (AvgIpc) is 2.72. The van der Waals surface area contributed by atoms with Gasteiger partial charge in [-0.25, -0.2) is 4.79 Å². The van der Waals surface area contributed by atoms with E-state index in [1.807, 2.05) is 0 Å². The second-order valence-corrected chi connectivity index (χ2v) is 6.44. The van der Waals surface area contributed by atoms with E-state index in [4.69, 9.17) is 9.47 Å². The van der Waals surface area contributed by atoms with Crippen molar-refractivity contribution < 1.29 is 24.0 Å². The first-order valence-corrected chi connectivity index (χ1v) is 8.90. The predicted octanol–water partition coefficient (Wildman–Crippen LogP) is 2.88. The number of nitro groups is 1. The van der Waals surface area contributed by atoms with E-state index in [0.29, 0.717) is 34.0 Å². The van der Waals surface area contributed by atoms with Crippen molar-refractivity contribution in [3.05, 3.63) is 69.4 Å². The summed E-state index contributed by atoms with van der Waals surface area (Å²) in [5.74, 6) is 0.503. The Morgan fingerprint density at radius 3 is 2.37 bits per heavy atom. The highest BCUT2D eigenvalue weighted by molar-refractivity contribution is 6.06. The minimum atomic E-state index is -0.739. The summed E-state index contributed by atoms with van der Waals surface area (Å²) in [6.45, 7) is 1.62. The molecule has 10 heteroatoms. The lowest BCUT2D eigenvalue weighted by molar-refractivity contribution is -0.384. The van der Waals surface area contributed by atoms with Gasteiger partial charge < -0.3 is 25.4 Å². The van der Waals surface area contributed by atoms with E-state index in [1.54, 1.807) is 25.1 Å². The van der Waals surface area contributed by atoms with Crippen LogP contribution in [0.25, 0.3) is 0 Å². The van der Waals surface area contributed by atoms with Gasteiger partial charge in [0.25, 0.3) is 11.6 Å². The van der Waals surface area contributed by atoms with Crippen LogP contribution in [0.3, 0.4) is 0 Å². The van der Waals surface area contributed by atoms with Crippen LogP contribution in [0.5, 0.6) is 11.5 Å². The van der Waals surface area contributed by atoms with E-state index in [1.165, 1.54) is 38.5 Å². The lowest BCUT2D eigenvalue weighted by atomic mass is 9.94. The third-order valence-electron chi connectivity index (χ3n) is 4.59. The van der Waals surface area contributed by atoms with Crippen molar-refractivity contribution in [3.63, 3.8) is 0 Å². The monoisotopic (exact) mass is 412 g/mol. The fourth-order valence-electron chi connectivity index (χ4n) is 3.14. The number of nitrogens with one attached hydrogen (secondary N) is 3. The maximum Gasteiger partial charge on any atom is 0.319 e. The van der Waals surface area contributed by atoms with Crippen LogP contribution in [0.15, 0.2) is 53.7 Å². The van der Waals surface area contributed by atoms with Crippen LogP contribution in [-0.2, 0) is 4.79 Å². The summed E-state index contributed by atoms with van der Waals surface area (Å²) in [6.07, 6.45) is 0. The lowest BCUT2D eigenvalue weighted by Gasteiger charge is -2.29. The van der Waals surface area contributed by atoms with Gasteiger partial charge in [0.1, 0.15) is 0 Å². The molecule has 0 fully saturated rings. The number of ether oxygens (including phenoxy) is 2. The Morgan fingerprint density at radius 2 is 1.77 bits per heavy atom. The van der Waals surface area contributed by atoms with Crippen molar-refractivity contribution >= 4 is 23.3 Å². The summed E-state index contributed by atoms with van der Waals surface area (Å²) in [6, 6.07) is 9.37. The number of hydrogen-bond donors (Lipinski definition) is 3. The molecular weight excluding hydrogens is 392 g/mol. The minimum Gasteiger partial charge on any atom is -0.493 e. The van der Waals surface area contributed by atoms with Crippen molar-refractivity contribution in [2.45, 2.75) is 13.0 Å². The van der Waals surface area contributed by atoms with Gasteiger partial charge in [-0.05, 0) is 36.8 Å². The summed E-state index contributed by atoms with van der Waals surface area (Å²) >= 11 is 0. The maximum atomic E-state index is 13.0. The number of allylic oxidation sites excluding steroid dienone is 1. The highest BCUT2D eigenvalue weighted by Crippen LogP contribution is 2.34. The van der Waals surface area contributed by atoms with Crippen molar-refractivity contribution in [2.24, 2.45) is 0 Å².